The summed E-state index contributed by atoms with van der Waals surface area (Å²) in [7, 11) is 0.894. The second-order valence-electron chi connectivity index (χ2n) is 5.19. The number of nitrogens with zero attached hydrogens (tertiary/aromatic N) is 1. The van der Waals surface area contributed by atoms with Gasteiger partial charge in [0, 0.05) is 18.8 Å². The van der Waals surface area contributed by atoms with Crippen molar-refractivity contribution >= 4 is 15.5 Å². The van der Waals surface area contributed by atoms with Gasteiger partial charge in [-0.05, 0) is 44.8 Å². The molecule has 21 heavy (non-hydrogen) atoms. The molecular weight excluding hydrogens is 288 g/mol. The van der Waals surface area contributed by atoms with Crippen molar-refractivity contribution in [2.75, 3.05) is 51.5 Å². The zero-order valence-corrected chi connectivity index (χ0v) is 13.9. The molecule has 5 nitrogen and oxygen atoms in total. The summed E-state index contributed by atoms with van der Waals surface area (Å²) in [5.41, 5.74) is 0.904. The molecule has 0 atom stereocenters. The van der Waals surface area contributed by atoms with E-state index in [1.807, 2.05) is 21.0 Å². The molecule has 0 bridgehead atoms. The van der Waals surface area contributed by atoms with E-state index in [2.05, 4.69) is 10.2 Å². The van der Waals surface area contributed by atoms with Gasteiger partial charge in [0.1, 0.15) is 0 Å². The summed E-state index contributed by atoms with van der Waals surface area (Å²) in [5.74, 6) is 0.194. The third-order valence-electron chi connectivity index (χ3n) is 2.94. The van der Waals surface area contributed by atoms with Crippen LogP contribution in [0.4, 0.5) is 5.69 Å². The van der Waals surface area contributed by atoms with Gasteiger partial charge in [-0.1, -0.05) is 6.92 Å². The number of anilines is 1. The Morgan fingerprint density at radius 3 is 2.38 bits per heavy atom. The van der Waals surface area contributed by atoms with Crippen LogP contribution in [0.5, 0.6) is 0 Å². The van der Waals surface area contributed by atoms with E-state index in [1.54, 1.807) is 24.3 Å². The number of nitrogens with one attached hydrogen (secondary N) is 1. The molecule has 1 aromatic carbocycles. The standard InChI is InChI=1S/C15H26N2O3S/c1-4-13-21(18,19)15-7-5-14(6-8-15)16-9-11-20-12-10-17(2)3/h5-8,16H,4,9-13H2,1-3H3. The Kier molecular flexibility index (Phi) is 7.71. The SMILES string of the molecule is CCCS(=O)(=O)c1ccc(NCCOCCN(C)C)cc1. The Hall–Kier alpha value is -1.11. The molecular formula is C15H26N2O3S. The van der Waals surface area contributed by atoms with Gasteiger partial charge in [-0.2, -0.15) is 0 Å². The summed E-state index contributed by atoms with van der Waals surface area (Å²) in [5, 5.41) is 3.21. The molecule has 0 fully saturated rings. The van der Waals surface area contributed by atoms with Gasteiger partial charge in [-0.15, -0.1) is 0 Å². The molecule has 1 N–H and O–H groups in total. The quantitative estimate of drug-likeness (QED) is 0.668. The maximum Gasteiger partial charge on any atom is 0.178 e. The van der Waals surface area contributed by atoms with Gasteiger partial charge in [-0.3, -0.25) is 0 Å². The van der Waals surface area contributed by atoms with Gasteiger partial charge >= 0.3 is 0 Å². The first kappa shape index (κ1) is 17.9. The van der Waals surface area contributed by atoms with Crippen molar-refractivity contribution < 1.29 is 13.2 Å². The van der Waals surface area contributed by atoms with Crippen molar-refractivity contribution in [3.05, 3.63) is 24.3 Å². The molecule has 0 aliphatic heterocycles. The Morgan fingerprint density at radius 2 is 1.81 bits per heavy atom. The lowest BCUT2D eigenvalue weighted by Gasteiger charge is -2.11. The molecule has 0 unspecified atom stereocenters. The molecule has 6 heteroatoms. The Balaban J connectivity index is 2.35. The van der Waals surface area contributed by atoms with Crippen LogP contribution in [-0.2, 0) is 14.6 Å². The Bertz CT molecular complexity index is 498. The predicted molar refractivity (Wildman–Crippen MR) is 86.6 cm³/mol. The second kappa shape index (κ2) is 9.02. The van der Waals surface area contributed by atoms with E-state index in [1.165, 1.54) is 0 Å². The first-order valence-corrected chi connectivity index (χ1v) is 8.90. The fourth-order valence-corrected chi connectivity index (χ4v) is 3.11. The Morgan fingerprint density at radius 1 is 1.14 bits per heavy atom. The topological polar surface area (TPSA) is 58.6 Å². The van der Waals surface area contributed by atoms with Crippen LogP contribution in [0.2, 0.25) is 0 Å². The molecule has 0 radical (unpaired) electrons. The number of ether oxygens (including phenoxy) is 1. The average Bonchev–Trinajstić information content (AvgIpc) is 2.43. The molecule has 0 aliphatic carbocycles. The van der Waals surface area contributed by atoms with Crippen molar-refractivity contribution in [2.24, 2.45) is 0 Å². The maximum absolute atomic E-state index is 11.9. The molecule has 120 valence electrons. The second-order valence-corrected chi connectivity index (χ2v) is 7.29. The van der Waals surface area contributed by atoms with E-state index >= 15 is 0 Å². The molecule has 0 saturated heterocycles. The first-order chi connectivity index (χ1) is 9.95. The maximum atomic E-state index is 11.9. The van der Waals surface area contributed by atoms with Crippen molar-refractivity contribution in [1.29, 1.82) is 0 Å². The number of rotatable bonds is 10. The lowest BCUT2D eigenvalue weighted by atomic mass is 10.3. The van der Waals surface area contributed by atoms with Crippen LogP contribution in [0.25, 0.3) is 0 Å². The zero-order valence-electron chi connectivity index (χ0n) is 13.1. The minimum Gasteiger partial charge on any atom is -0.383 e. The van der Waals surface area contributed by atoms with Crippen molar-refractivity contribution in [2.45, 2.75) is 18.2 Å². The van der Waals surface area contributed by atoms with Crippen LogP contribution in [0.3, 0.4) is 0 Å². The third-order valence-corrected chi connectivity index (χ3v) is 4.88. The van der Waals surface area contributed by atoms with Crippen molar-refractivity contribution in [1.82, 2.24) is 4.90 Å². The monoisotopic (exact) mass is 314 g/mol. The highest BCUT2D eigenvalue weighted by molar-refractivity contribution is 7.91. The Labute approximate surface area is 128 Å². The summed E-state index contributed by atoms with van der Waals surface area (Å²) in [6.45, 7) is 4.81. The molecule has 0 saturated carbocycles. The third kappa shape index (κ3) is 6.93. The molecule has 0 amide bonds. The van der Waals surface area contributed by atoms with Gasteiger partial charge in [0.25, 0.3) is 0 Å². The van der Waals surface area contributed by atoms with Crippen LogP contribution in [-0.4, -0.2) is 59.5 Å². The minimum absolute atomic E-state index is 0.194. The fourth-order valence-electron chi connectivity index (χ4n) is 1.78. The summed E-state index contributed by atoms with van der Waals surface area (Å²) in [6.07, 6.45) is 0.632. The van der Waals surface area contributed by atoms with Crippen LogP contribution in [0.15, 0.2) is 29.2 Å². The highest BCUT2D eigenvalue weighted by atomic mass is 32.2. The van der Waals surface area contributed by atoms with E-state index in [-0.39, 0.29) is 5.75 Å². The minimum atomic E-state index is -3.12. The summed E-state index contributed by atoms with van der Waals surface area (Å²) in [4.78, 5) is 2.46. The molecule has 0 aromatic heterocycles. The van der Waals surface area contributed by atoms with Gasteiger partial charge in [0.05, 0.1) is 23.9 Å². The summed E-state index contributed by atoms with van der Waals surface area (Å²) in [6, 6.07) is 6.89. The number of likely N-dealkylation sites (N-methyl/N-ethyl adjacent to an activating group) is 1. The van der Waals surface area contributed by atoms with Crippen LogP contribution in [0.1, 0.15) is 13.3 Å². The fraction of sp³-hybridized carbons (Fsp3) is 0.600. The molecule has 0 spiro atoms. The van der Waals surface area contributed by atoms with Gasteiger partial charge in [-0.25, -0.2) is 8.42 Å². The lowest BCUT2D eigenvalue weighted by Crippen LogP contribution is -2.20. The van der Waals surface area contributed by atoms with E-state index < -0.39 is 9.84 Å². The van der Waals surface area contributed by atoms with Crippen molar-refractivity contribution in [3.8, 4) is 0 Å². The zero-order chi connectivity index (χ0) is 15.7. The summed E-state index contributed by atoms with van der Waals surface area (Å²) >= 11 is 0. The van der Waals surface area contributed by atoms with E-state index in [0.717, 1.165) is 12.2 Å². The molecule has 0 heterocycles. The number of hydrogen-bond donors (Lipinski definition) is 1. The average molecular weight is 314 g/mol. The lowest BCUT2D eigenvalue weighted by molar-refractivity contribution is 0.126. The van der Waals surface area contributed by atoms with Gasteiger partial charge in [0.15, 0.2) is 9.84 Å². The van der Waals surface area contributed by atoms with Gasteiger partial charge < -0.3 is 15.0 Å². The molecule has 1 aromatic rings. The summed E-state index contributed by atoms with van der Waals surface area (Å²) < 4.78 is 29.2. The van der Waals surface area contributed by atoms with Crippen LogP contribution in [0, 0.1) is 0 Å². The first-order valence-electron chi connectivity index (χ1n) is 7.25. The highest BCUT2D eigenvalue weighted by Crippen LogP contribution is 2.15. The van der Waals surface area contributed by atoms with Crippen LogP contribution < -0.4 is 5.32 Å². The molecule has 1 rings (SSSR count). The number of benzene rings is 1. The highest BCUT2D eigenvalue weighted by Gasteiger charge is 2.12. The van der Waals surface area contributed by atoms with Gasteiger partial charge in [0.2, 0.25) is 0 Å². The van der Waals surface area contributed by atoms with Crippen LogP contribution >= 0.6 is 0 Å². The van der Waals surface area contributed by atoms with E-state index in [4.69, 9.17) is 4.74 Å². The van der Waals surface area contributed by atoms with E-state index in [9.17, 15) is 8.42 Å². The predicted octanol–water partition coefficient (Wildman–Crippen LogP) is 1.86. The normalized spacial score (nSPS) is 11.8. The largest absolute Gasteiger partial charge is 0.383 e. The number of sulfone groups is 1. The van der Waals surface area contributed by atoms with Crippen molar-refractivity contribution in [3.63, 3.8) is 0 Å². The smallest absolute Gasteiger partial charge is 0.178 e. The molecule has 0 aliphatic rings. The number of hydrogen-bond acceptors (Lipinski definition) is 5. The van der Waals surface area contributed by atoms with E-state index in [0.29, 0.717) is 31.1 Å².